The van der Waals surface area contributed by atoms with Crippen LogP contribution in [0.1, 0.15) is 38.5 Å². The molecule has 4 nitrogen and oxygen atoms in total. The number of nitrogens with one attached hydrogen (secondary N) is 1. The molecule has 2 saturated carbocycles. The fourth-order valence-corrected chi connectivity index (χ4v) is 3.22. The number of carbonyl (C=O) groups is 1. The van der Waals surface area contributed by atoms with Gasteiger partial charge >= 0.3 is 6.03 Å². The molecule has 3 fully saturated rings. The van der Waals surface area contributed by atoms with E-state index in [0.29, 0.717) is 0 Å². The molecular formula is C14H25N3O. The highest BCUT2D eigenvalue weighted by Gasteiger charge is 2.28. The van der Waals surface area contributed by atoms with Gasteiger partial charge in [0.25, 0.3) is 0 Å². The largest absolute Gasteiger partial charge is 0.338 e. The molecule has 1 saturated heterocycles. The first kappa shape index (κ1) is 12.3. The maximum absolute atomic E-state index is 12.0. The van der Waals surface area contributed by atoms with Crippen LogP contribution in [-0.4, -0.2) is 54.6 Å². The van der Waals surface area contributed by atoms with Gasteiger partial charge in [0, 0.05) is 38.8 Å². The second-order valence-corrected chi connectivity index (χ2v) is 6.09. The van der Waals surface area contributed by atoms with E-state index in [-0.39, 0.29) is 6.03 Å². The minimum Gasteiger partial charge on any atom is -0.338 e. The lowest BCUT2D eigenvalue weighted by atomic mass is 10.2. The number of amides is 2. The third-order valence-corrected chi connectivity index (χ3v) is 4.68. The fraction of sp³-hybridized carbons (Fsp3) is 0.929. The predicted octanol–water partition coefficient (Wildman–Crippen LogP) is 1.67. The molecule has 0 unspecified atom stereocenters. The van der Waals surface area contributed by atoms with Crippen LogP contribution in [0.2, 0.25) is 0 Å². The van der Waals surface area contributed by atoms with Crippen molar-refractivity contribution >= 4 is 6.03 Å². The standard InChI is InChI=1S/C14H25N3O/c18-14(15-11-12-5-6-12)17-9-7-16(8-10-17)13-3-1-2-4-13/h12-13H,1-11H2,(H,15,18). The summed E-state index contributed by atoms with van der Waals surface area (Å²) in [6.07, 6.45) is 8.13. The summed E-state index contributed by atoms with van der Waals surface area (Å²) in [5.41, 5.74) is 0. The zero-order chi connectivity index (χ0) is 12.4. The summed E-state index contributed by atoms with van der Waals surface area (Å²) < 4.78 is 0. The number of hydrogen-bond donors (Lipinski definition) is 1. The van der Waals surface area contributed by atoms with Crippen molar-refractivity contribution in [2.24, 2.45) is 5.92 Å². The number of hydrogen-bond acceptors (Lipinski definition) is 2. The molecule has 0 atom stereocenters. The smallest absolute Gasteiger partial charge is 0.317 e. The molecule has 0 bridgehead atoms. The lowest BCUT2D eigenvalue weighted by Gasteiger charge is -2.38. The molecule has 4 heteroatoms. The van der Waals surface area contributed by atoms with Crippen molar-refractivity contribution in [1.29, 1.82) is 0 Å². The second-order valence-electron chi connectivity index (χ2n) is 6.09. The van der Waals surface area contributed by atoms with Crippen molar-refractivity contribution in [1.82, 2.24) is 15.1 Å². The highest BCUT2D eigenvalue weighted by atomic mass is 16.2. The monoisotopic (exact) mass is 251 g/mol. The van der Waals surface area contributed by atoms with E-state index in [1.807, 2.05) is 4.90 Å². The Bertz CT molecular complexity index is 289. The lowest BCUT2D eigenvalue weighted by molar-refractivity contribution is 0.109. The number of nitrogens with zero attached hydrogens (tertiary/aromatic N) is 2. The fourth-order valence-electron chi connectivity index (χ4n) is 3.22. The van der Waals surface area contributed by atoms with Crippen molar-refractivity contribution in [3.8, 4) is 0 Å². The van der Waals surface area contributed by atoms with E-state index < -0.39 is 0 Å². The highest BCUT2D eigenvalue weighted by molar-refractivity contribution is 5.74. The molecule has 3 aliphatic rings. The van der Waals surface area contributed by atoms with E-state index in [2.05, 4.69) is 10.2 Å². The van der Waals surface area contributed by atoms with Crippen molar-refractivity contribution in [3.05, 3.63) is 0 Å². The molecule has 102 valence electrons. The highest BCUT2D eigenvalue weighted by Crippen LogP contribution is 2.27. The molecule has 0 aromatic rings. The third-order valence-electron chi connectivity index (χ3n) is 4.68. The van der Waals surface area contributed by atoms with E-state index in [4.69, 9.17) is 0 Å². The van der Waals surface area contributed by atoms with Crippen LogP contribution in [-0.2, 0) is 0 Å². The van der Waals surface area contributed by atoms with Crippen LogP contribution in [0.15, 0.2) is 0 Å². The maximum atomic E-state index is 12.0. The van der Waals surface area contributed by atoms with Crippen molar-refractivity contribution in [2.45, 2.75) is 44.6 Å². The molecule has 1 aliphatic heterocycles. The normalized spacial score (nSPS) is 26.6. The Morgan fingerprint density at radius 2 is 1.67 bits per heavy atom. The Labute approximate surface area is 110 Å². The van der Waals surface area contributed by atoms with E-state index >= 15 is 0 Å². The summed E-state index contributed by atoms with van der Waals surface area (Å²) in [6.45, 7) is 4.85. The minimum absolute atomic E-state index is 0.160. The Hall–Kier alpha value is -0.770. The SMILES string of the molecule is O=C(NCC1CC1)N1CCN(C2CCCC2)CC1. The van der Waals surface area contributed by atoms with Gasteiger partial charge in [0.2, 0.25) is 0 Å². The summed E-state index contributed by atoms with van der Waals surface area (Å²) in [6, 6.07) is 0.967. The van der Waals surface area contributed by atoms with E-state index in [9.17, 15) is 4.79 Å². The zero-order valence-corrected chi connectivity index (χ0v) is 11.2. The van der Waals surface area contributed by atoms with Crippen molar-refractivity contribution in [2.75, 3.05) is 32.7 Å². The summed E-state index contributed by atoms with van der Waals surface area (Å²) >= 11 is 0. The zero-order valence-electron chi connectivity index (χ0n) is 11.2. The number of rotatable bonds is 3. The molecule has 0 spiro atoms. The van der Waals surface area contributed by atoms with Crippen LogP contribution in [0.3, 0.4) is 0 Å². The molecule has 0 aromatic carbocycles. The quantitative estimate of drug-likeness (QED) is 0.828. The van der Waals surface area contributed by atoms with Crippen molar-refractivity contribution in [3.63, 3.8) is 0 Å². The average Bonchev–Trinajstić information content (AvgIpc) is 3.08. The minimum atomic E-state index is 0.160. The van der Waals surface area contributed by atoms with Gasteiger partial charge < -0.3 is 10.2 Å². The molecule has 1 N–H and O–H groups in total. The summed E-state index contributed by atoms with van der Waals surface area (Å²) in [5.74, 6) is 0.772. The first-order valence-electron chi connectivity index (χ1n) is 7.60. The Kier molecular flexibility index (Phi) is 3.73. The number of piperazine rings is 1. The second kappa shape index (κ2) is 5.47. The predicted molar refractivity (Wildman–Crippen MR) is 71.5 cm³/mol. The van der Waals surface area contributed by atoms with Gasteiger partial charge in [0.05, 0.1) is 0 Å². The van der Waals surface area contributed by atoms with Crippen LogP contribution in [0, 0.1) is 5.92 Å². The van der Waals surface area contributed by atoms with E-state index in [0.717, 1.165) is 44.7 Å². The maximum Gasteiger partial charge on any atom is 0.317 e. The molecule has 0 aromatic heterocycles. The number of carbonyl (C=O) groups excluding carboxylic acids is 1. The van der Waals surface area contributed by atoms with Gasteiger partial charge in [0.1, 0.15) is 0 Å². The van der Waals surface area contributed by atoms with Gasteiger partial charge in [-0.3, -0.25) is 4.90 Å². The lowest BCUT2D eigenvalue weighted by Crippen LogP contribution is -2.53. The first-order chi connectivity index (χ1) is 8.83. The van der Waals surface area contributed by atoms with Gasteiger partial charge in [-0.15, -0.1) is 0 Å². The van der Waals surface area contributed by atoms with Gasteiger partial charge in [0.15, 0.2) is 0 Å². The summed E-state index contributed by atoms with van der Waals surface area (Å²) in [5, 5.41) is 3.07. The molecule has 1 heterocycles. The average molecular weight is 251 g/mol. The van der Waals surface area contributed by atoms with Crippen LogP contribution in [0.5, 0.6) is 0 Å². The van der Waals surface area contributed by atoms with Gasteiger partial charge in [-0.05, 0) is 31.6 Å². The molecule has 2 amide bonds. The van der Waals surface area contributed by atoms with Crippen LogP contribution >= 0.6 is 0 Å². The van der Waals surface area contributed by atoms with Gasteiger partial charge in [-0.2, -0.15) is 0 Å². The van der Waals surface area contributed by atoms with Gasteiger partial charge in [-0.1, -0.05) is 12.8 Å². The topological polar surface area (TPSA) is 35.6 Å². The summed E-state index contributed by atoms with van der Waals surface area (Å²) in [4.78, 5) is 16.5. The van der Waals surface area contributed by atoms with E-state index in [1.165, 1.54) is 38.5 Å². The Morgan fingerprint density at radius 3 is 2.28 bits per heavy atom. The first-order valence-corrected chi connectivity index (χ1v) is 7.60. The molecule has 18 heavy (non-hydrogen) atoms. The van der Waals surface area contributed by atoms with E-state index in [1.54, 1.807) is 0 Å². The van der Waals surface area contributed by atoms with Crippen LogP contribution in [0.4, 0.5) is 4.79 Å². The molecule has 2 aliphatic carbocycles. The van der Waals surface area contributed by atoms with Crippen LogP contribution in [0.25, 0.3) is 0 Å². The Morgan fingerprint density at radius 1 is 1.00 bits per heavy atom. The van der Waals surface area contributed by atoms with Crippen molar-refractivity contribution < 1.29 is 4.79 Å². The number of urea groups is 1. The molecule has 0 radical (unpaired) electrons. The molecule has 3 rings (SSSR count). The Balaban J connectivity index is 1.39. The van der Waals surface area contributed by atoms with Crippen LogP contribution < -0.4 is 5.32 Å². The van der Waals surface area contributed by atoms with Gasteiger partial charge in [-0.25, -0.2) is 4.79 Å². The third kappa shape index (κ3) is 2.97. The summed E-state index contributed by atoms with van der Waals surface area (Å²) in [7, 11) is 0. The molecular weight excluding hydrogens is 226 g/mol.